The molecule has 0 saturated heterocycles. The molecule has 1 heterocycles. The van der Waals surface area contributed by atoms with Gasteiger partial charge in [-0.15, -0.1) is 11.3 Å². The first-order valence-electron chi connectivity index (χ1n) is 9.22. The monoisotopic (exact) mass is 471 g/mol. The Morgan fingerprint density at radius 2 is 1.84 bits per heavy atom. The highest BCUT2D eigenvalue weighted by atomic mass is 35.5. The summed E-state index contributed by atoms with van der Waals surface area (Å²) in [5, 5.41) is 13.6. The quantitative estimate of drug-likeness (QED) is 0.270. The number of hydrogen-bond donors (Lipinski definition) is 2. The van der Waals surface area contributed by atoms with Gasteiger partial charge in [-0.25, -0.2) is 14.6 Å². The Morgan fingerprint density at radius 1 is 1.03 bits per heavy atom. The van der Waals surface area contributed by atoms with Crippen LogP contribution in [0.1, 0.15) is 10.4 Å². The highest BCUT2D eigenvalue weighted by Crippen LogP contribution is 2.36. The van der Waals surface area contributed by atoms with Gasteiger partial charge in [0, 0.05) is 38.7 Å². The number of carbonyl (C=O) groups is 1. The van der Waals surface area contributed by atoms with Crippen LogP contribution in [0.3, 0.4) is 0 Å². The van der Waals surface area contributed by atoms with Crippen LogP contribution in [0.4, 0.5) is 5.69 Å². The van der Waals surface area contributed by atoms with Crippen LogP contribution >= 0.6 is 34.5 Å². The van der Waals surface area contributed by atoms with Crippen molar-refractivity contribution in [3.05, 3.63) is 81.7 Å². The summed E-state index contributed by atoms with van der Waals surface area (Å²) in [5.41, 5.74) is 6.09. The molecular weight excluding hydrogens is 455 g/mol. The number of carboxylic acids is 1. The summed E-state index contributed by atoms with van der Waals surface area (Å²) in [4.78, 5) is 21.9. The molecule has 0 bridgehead atoms. The van der Waals surface area contributed by atoms with Gasteiger partial charge in [-0.1, -0.05) is 47.5 Å². The lowest BCUT2D eigenvalue weighted by atomic mass is 9.96. The molecule has 31 heavy (non-hydrogen) atoms. The molecule has 0 fully saturated rings. The lowest BCUT2D eigenvalue weighted by molar-refractivity contribution is -0.829. The predicted molar refractivity (Wildman–Crippen MR) is 124 cm³/mol. The van der Waals surface area contributed by atoms with Gasteiger partial charge in [-0.05, 0) is 30.3 Å². The van der Waals surface area contributed by atoms with Crippen LogP contribution in [-0.2, 0) is 4.84 Å². The second kappa shape index (κ2) is 9.18. The third kappa shape index (κ3) is 4.49. The lowest BCUT2D eigenvalue weighted by Crippen LogP contribution is -2.76. The molecular formula is C23H17Cl2N2O3S+. The number of aromatic carboxylic acids is 1. The van der Waals surface area contributed by atoms with Crippen molar-refractivity contribution in [3.8, 4) is 33.0 Å². The Morgan fingerprint density at radius 3 is 2.61 bits per heavy atom. The third-order valence-corrected chi connectivity index (χ3v) is 6.16. The molecule has 0 spiro atoms. The molecule has 0 aliphatic rings. The molecule has 0 aliphatic carbocycles. The predicted octanol–water partition coefficient (Wildman–Crippen LogP) is 5.91. The van der Waals surface area contributed by atoms with E-state index in [4.69, 9.17) is 28.0 Å². The fourth-order valence-electron chi connectivity index (χ4n) is 3.28. The smallest absolute Gasteiger partial charge is 0.336 e. The maximum Gasteiger partial charge on any atom is 0.336 e. The van der Waals surface area contributed by atoms with Crippen LogP contribution in [0.15, 0.2) is 66.0 Å². The highest BCUT2D eigenvalue weighted by Gasteiger charge is 2.19. The number of quaternary nitrogens is 1. The molecule has 0 aliphatic heterocycles. The van der Waals surface area contributed by atoms with Gasteiger partial charge in [-0.2, -0.15) is 5.48 Å². The van der Waals surface area contributed by atoms with Crippen LogP contribution in [-0.4, -0.2) is 23.2 Å². The van der Waals surface area contributed by atoms with Crippen molar-refractivity contribution in [2.75, 3.05) is 7.11 Å². The molecule has 0 amide bonds. The van der Waals surface area contributed by atoms with Gasteiger partial charge < -0.3 is 5.11 Å². The number of hydrogen-bond acceptors (Lipinski definition) is 4. The van der Waals surface area contributed by atoms with Crippen molar-refractivity contribution in [1.82, 2.24) is 4.98 Å². The molecule has 0 saturated carbocycles. The molecule has 0 radical (unpaired) electrons. The molecule has 3 aromatic carbocycles. The van der Waals surface area contributed by atoms with Gasteiger partial charge in [0.15, 0.2) is 5.69 Å². The molecule has 1 aromatic heterocycles. The number of benzene rings is 3. The Bertz CT molecular complexity index is 1270. The Hall–Kier alpha value is -2.74. The number of halogens is 2. The standard InChI is InChI=1S/C23H16Cl2N2O3S/c1-30-27-20-5-3-2-4-16(20)15-8-6-13(10-17(15)23(28)29)22-26-21(12-31-22)18-11-14(24)7-9-19(18)25/h2-12,27H,1H3,(H,28,29)/p+1. The van der Waals surface area contributed by atoms with Crippen LogP contribution < -0.4 is 5.48 Å². The van der Waals surface area contributed by atoms with E-state index in [0.29, 0.717) is 31.9 Å². The van der Waals surface area contributed by atoms with Crippen molar-refractivity contribution >= 4 is 46.2 Å². The molecule has 156 valence electrons. The van der Waals surface area contributed by atoms with Crippen molar-refractivity contribution in [3.63, 3.8) is 0 Å². The largest absolute Gasteiger partial charge is 0.478 e. The molecule has 0 atom stereocenters. The van der Waals surface area contributed by atoms with E-state index in [1.807, 2.05) is 35.7 Å². The fraction of sp³-hybridized carbons (Fsp3) is 0.0435. The van der Waals surface area contributed by atoms with E-state index < -0.39 is 5.97 Å². The van der Waals surface area contributed by atoms with Gasteiger partial charge >= 0.3 is 5.97 Å². The van der Waals surface area contributed by atoms with E-state index in [1.165, 1.54) is 11.3 Å². The fourth-order valence-corrected chi connectivity index (χ4v) is 4.49. The zero-order chi connectivity index (χ0) is 22.0. The minimum Gasteiger partial charge on any atom is -0.478 e. The zero-order valence-electron chi connectivity index (χ0n) is 16.3. The average molecular weight is 472 g/mol. The number of aromatic nitrogens is 1. The first kappa shape index (κ1) is 21.5. The van der Waals surface area contributed by atoms with Crippen molar-refractivity contribution < 1.29 is 20.2 Å². The maximum absolute atomic E-state index is 12.1. The summed E-state index contributed by atoms with van der Waals surface area (Å²) in [5.74, 6) is -1.02. The van der Waals surface area contributed by atoms with E-state index in [-0.39, 0.29) is 5.56 Å². The van der Waals surface area contributed by atoms with Gasteiger partial charge in [-0.3, -0.25) is 0 Å². The normalized spacial score (nSPS) is 10.9. The first-order chi connectivity index (χ1) is 15.0. The number of nitrogens with two attached hydrogens (primary N) is 1. The molecule has 4 aromatic rings. The minimum absolute atomic E-state index is 0.187. The minimum atomic E-state index is -1.02. The number of nitrogens with zero attached hydrogens (tertiary/aromatic N) is 1. The van der Waals surface area contributed by atoms with Gasteiger partial charge in [0.2, 0.25) is 0 Å². The van der Waals surface area contributed by atoms with E-state index >= 15 is 0 Å². The molecule has 0 unspecified atom stereocenters. The van der Waals surface area contributed by atoms with Gasteiger partial charge in [0.05, 0.1) is 23.4 Å². The Kier molecular flexibility index (Phi) is 6.36. The van der Waals surface area contributed by atoms with Gasteiger partial charge in [0.25, 0.3) is 0 Å². The first-order valence-corrected chi connectivity index (χ1v) is 10.9. The van der Waals surface area contributed by atoms with Crippen molar-refractivity contribution in [1.29, 1.82) is 0 Å². The number of carboxylic acid groups (broad SMARTS) is 1. The van der Waals surface area contributed by atoms with Crippen LogP contribution in [0, 0.1) is 0 Å². The second-order valence-electron chi connectivity index (χ2n) is 6.67. The number of thiazole rings is 1. The Balaban J connectivity index is 1.77. The summed E-state index contributed by atoms with van der Waals surface area (Å²) in [6.45, 7) is 0. The summed E-state index contributed by atoms with van der Waals surface area (Å²) in [6, 6.07) is 18.0. The zero-order valence-corrected chi connectivity index (χ0v) is 18.6. The SMILES string of the molecule is CO[NH2+]c1ccccc1-c1ccc(-c2nc(-c3cc(Cl)ccc3Cl)cs2)cc1C(=O)O. The summed E-state index contributed by atoms with van der Waals surface area (Å²) in [7, 11) is 1.56. The topological polar surface area (TPSA) is 76.0 Å². The van der Waals surface area contributed by atoms with E-state index in [2.05, 4.69) is 4.98 Å². The summed E-state index contributed by atoms with van der Waals surface area (Å²) >= 11 is 13.8. The molecule has 4 rings (SSSR count). The maximum atomic E-state index is 12.1. The van der Waals surface area contributed by atoms with E-state index in [1.54, 1.807) is 42.9 Å². The lowest BCUT2D eigenvalue weighted by Gasteiger charge is -2.10. The summed E-state index contributed by atoms with van der Waals surface area (Å²) < 4.78 is 0. The second-order valence-corrected chi connectivity index (χ2v) is 8.37. The average Bonchev–Trinajstić information content (AvgIpc) is 3.26. The van der Waals surface area contributed by atoms with Crippen molar-refractivity contribution in [2.24, 2.45) is 0 Å². The number of rotatable bonds is 6. The molecule has 5 nitrogen and oxygen atoms in total. The molecule has 8 heteroatoms. The van der Waals surface area contributed by atoms with Crippen LogP contribution in [0.2, 0.25) is 10.0 Å². The third-order valence-electron chi connectivity index (χ3n) is 4.70. The Labute approximate surface area is 192 Å². The van der Waals surface area contributed by atoms with Crippen LogP contribution in [0.25, 0.3) is 33.0 Å². The van der Waals surface area contributed by atoms with Gasteiger partial charge in [0.1, 0.15) is 5.01 Å². The van der Waals surface area contributed by atoms with Crippen molar-refractivity contribution in [2.45, 2.75) is 0 Å². The van der Waals surface area contributed by atoms with Crippen LogP contribution in [0.5, 0.6) is 0 Å². The molecule has 3 N–H and O–H groups in total. The van der Waals surface area contributed by atoms with E-state index in [9.17, 15) is 9.90 Å². The highest BCUT2D eigenvalue weighted by molar-refractivity contribution is 7.13. The van der Waals surface area contributed by atoms with E-state index in [0.717, 1.165) is 16.8 Å². The summed E-state index contributed by atoms with van der Waals surface area (Å²) in [6.07, 6.45) is 0.